The van der Waals surface area contributed by atoms with Gasteiger partial charge in [0.1, 0.15) is 17.3 Å². The summed E-state index contributed by atoms with van der Waals surface area (Å²) in [5.74, 6) is 0.0119. The Balaban J connectivity index is 1.58. The lowest BCUT2D eigenvalue weighted by Gasteiger charge is -2.42. The molecule has 3 N–H and O–H groups in total. The second-order valence-corrected chi connectivity index (χ2v) is 7.04. The third-order valence-corrected chi connectivity index (χ3v) is 5.12. The summed E-state index contributed by atoms with van der Waals surface area (Å²) in [6.07, 6.45) is 3.88. The molecule has 1 fully saturated rings. The van der Waals surface area contributed by atoms with Crippen molar-refractivity contribution in [2.45, 2.75) is 31.4 Å². The summed E-state index contributed by atoms with van der Waals surface area (Å²) in [4.78, 5) is 15.7. The number of anilines is 1. The predicted octanol–water partition coefficient (Wildman–Crippen LogP) is 3.73. The fourth-order valence-corrected chi connectivity index (χ4v) is 3.52. The van der Waals surface area contributed by atoms with Crippen LogP contribution in [0.5, 0.6) is 5.75 Å². The van der Waals surface area contributed by atoms with Gasteiger partial charge in [0.2, 0.25) is 5.91 Å². The van der Waals surface area contributed by atoms with E-state index in [1.165, 1.54) is 6.07 Å². The molecule has 7 nitrogen and oxygen atoms in total. The van der Waals surface area contributed by atoms with Gasteiger partial charge in [-0.3, -0.25) is 9.78 Å². The number of carbonyl (C=O) groups is 1. The number of benzene rings is 1. The molecule has 9 heteroatoms. The van der Waals surface area contributed by atoms with Crippen LogP contribution >= 0.6 is 0 Å². The first-order chi connectivity index (χ1) is 14.5. The number of nitrogens with zero attached hydrogens (tertiary/aromatic N) is 3. The number of rotatable bonds is 7. The number of pyridine rings is 1. The van der Waals surface area contributed by atoms with Gasteiger partial charge in [0.05, 0.1) is 11.2 Å². The van der Waals surface area contributed by atoms with Gasteiger partial charge >= 0.3 is 6.61 Å². The number of hydrogen-bond donors (Lipinski definition) is 2. The molecule has 154 valence electrons. The van der Waals surface area contributed by atoms with E-state index in [0.29, 0.717) is 41.2 Å². The summed E-state index contributed by atoms with van der Waals surface area (Å²) < 4.78 is 30.3. The molecule has 4 rings (SSSR count). The highest BCUT2D eigenvalue weighted by Gasteiger charge is 2.43. The Bertz CT molecular complexity index is 1060. The normalized spacial score (nSPS) is 14.8. The quantitative estimate of drug-likeness (QED) is 0.614. The monoisotopic (exact) mass is 411 g/mol. The molecule has 30 heavy (non-hydrogen) atoms. The van der Waals surface area contributed by atoms with Gasteiger partial charge < -0.3 is 15.8 Å². The van der Waals surface area contributed by atoms with Crippen LogP contribution in [0.3, 0.4) is 0 Å². The maximum Gasteiger partial charge on any atom is 0.387 e. The van der Waals surface area contributed by atoms with Crippen LogP contribution in [0.4, 0.5) is 14.6 Å². The molecule has 2 aromatic heterocycles. The maximum absolute atomic E-state index is 12.8. The molecule has 0 atom stereocenters. The molecule has 0 aliphatic heterocycles. The lowest BCUT2D eigenvalue weighted by molar-refractivity contribution is -0.0517. The zero-order chi connectivity index (χ0) is 21.1. The van der Waals surface area contributed by atoms with Crippen LogP contribution in [0.15, 0.2) is 54.7 Å². The van der Waals surface area contributed by atoms with E-state index in [1.807, 2.05) is 0 Å². The van der Waals surface area contributed by atoms with Gasteiger partial charge in [-0.05, 0) is 55.7 Å². The number of primary amides is 1. The Morgan fingerprint density at radius 1 is 1.13 bits per heavy atom. The molecule has 3 aromatic rings. The summed E-state index contributed by atoms with van der Waals surface area (Å²) >= 11 is 0. The van der Waals surface area contributed by atoms with Crippen LogP contribution in [0.1, 0.15) is 35.3 Å². The minimum atomic E-state index is -2.93. The molecule has 0 saturated heterocycles. The fourth-order valence-electron chi connectivity index (χ4n) is 3.52. The highest BCUT2D eigenvalue weighted by Crippen LogP contribution is 2.46. The van der Waals surface area contributed by atoms with Crippen LogP contribution in [-0.2, 0) is 5.54 Å². The fraction of sp³-hybridized carbons (Fsp3) is 0.238. The van der Waals surface area contributed by atoms with Gasteiger partial charge in [-0.1, -0.05) is 12.1 Å². The lowest BCUT2D eigenvalue weighted by Crippen LogP contribution is -2.43. The third kappa shape index (κ3) is 3.91. The summed E-state index contributed by atoms with van der Waals surface area (Å²) in [5, 5.41) is 11.7. The molecule has 0 radical (unpaired) electrons. The number of aromatic nitrogens is 3. The first-order valence-electron chi connectivity index (χ1n) is 9.39. The Kier molecular flexibility index (Phi) is 5.26. The molecule has 1 aromatic carbocycles. The van der Waals surface area contributed by atoms with Gasteiger partial charge in [0.15, 0.2) is 0 Å². The Morgan fingerprint density at radius 2 is 1.97 bits per heavy atom. The average molecular weight is 411 g/mol. The summed E-state index contributed by atoms with van der Waals surface area (Å²) in [7, 11) is 0. The number of amides is 1. The molecule has 1 amide bonds. The van der Waals surface area contributed by atoms with E-state index in [1.54, 1.807) is 48.7 Å². The standard InChI is InChI=1S/C21H19F2N5O2/c22-20(23)30-16-6-2-11-25-18(16)21(9-3-10-21)26-17-8-7-15(27-28-17)13-4-1-5-14(12-13)19(24)29/h1-2,4-8,11-12,20H,3,9-10H2,(H2,24,29)(H,26,28). The average Bonchev–Trinajstić information content (AvgIpc) is 2.71. The SMILES string of the molecule is NC(=O)c1cccc(-c2ccc(NC3(c4ncccc4OC(F)F)CCC3)nn2)c1. The summed E-state index contributed by atoms with van der Waals surface area (Å²) in [5.41, 5.74) is 6.77. The molecular weight excluding hydrogens is 392 g/mol. The molecule has 1 aliphatic rings. The van der Waals surface area contributed by atoms with Crippen LogP contribution in [0.2, 0.25) is 0 Å². The van der Waals surface area contributed by atoms with E-state index in [2.05, 4.69) is 25.2 Å². The third-order valence-electron chi connectivity index (χ3n) is 5.12. The van der Waals surface area contributed by atoms with Gasteiger partial charge in [0, 0.05) is 17.3 Å². The first kappa shape index (κ1) is 19.7. The zero-order valence-electron chi connectivity index (χ0n) is 15.9. The number of hydrogen-bond acceptors (Lipinski definition) is 6. The number of ether oxygens (including phenoxy) is 1. The van der Waals surface area contributed by atoms with Crippen molar-refractivity contribution in [3.8, 4) is 17.0 Å². The van der Waals surface area contributed by atoms with E-state index in [-0.39, 0.29) is 5.75 Å². The number of nitrogens with one attached hydrogen (secondary N) is 1. The Labute approximate surface area is 171 Å². The van der Waals surface area contributed by atoms with Gasteiger partial charge in [0.25, 0.3) is 0 Å². The second kappa shape index (κ2) is 8.02. The lowest BCUT2D eigenvalue weighted by atomic mass is 9.73. The Hall–Kier alpha value is -3.62. The summed E-state index contributed by atoms with van der Waals surface area (Å²) in [6.45, 7) is -2.93. The zero-order valence-corrected chi connectivity index (χ0v) is 15.9. The van der Waals surface area contributed by atoms with E-state index in [9.17, 15) is 13.6 Å². The van der Waals surface area contributed by atoms with Crippen molar-refractivity contribution in [1.82, 2.24) is 15.2 Å². The highest BCUT2D eigenvalue weighted by atomic mass is 19.3. The predicted molar refractivity (Wildman–Crippen MR) is 106 cm³/mol. The maximum atomic E-state index is 12.8. The summed E-state index contributed by atoms with van der Waals surface area (Å²) in [6, 6.07) is 13.3. The largest absolute Gasteiger partial charge is 0.433 e. The number of halogens is 2. The van der Waals surface area contributed by atoms with Crippen molar-refractivity contribution >= 4 is 11.7 Å². The highest BCUT2D eigenvalue weighted by molar-refractivity contribution is 5.93. The Morgan fingerprint density at radius 3 is 2.60 bits per heavy atom. The molecule has 0 unspecified atom stereocenters. The molecule has 0 spiro atoms. The van der Waals surface area contributed by atoms with Crippen LogP contribution in [-0.4, -0.2) is 27.7 Å². The second-order valence-electron chi connectivity index (χ2n) is 7.04. The van der Waals surface area contributed by atoms with E-state index < -0.39 is 18.1 Å². The van der Waals surface area contributed by atoms with Crippen molar-refractivity contribution < 1.29 is 18.3 Å². The first-order valence-corrected chi connectivity index (χ1v) is 9.39. The number of alkyl halides is 2. The van der Waals surface area contributed by atoms with Crippen molar-refractivity contribution in [2.75, 3.05) is 5.32 Å². The molecular formula is C21H19F2N5O2. The van der Waals surface area contributed by atoms with Crippen molar-refractivity contribution in [3.05, 3.63) is 66.0 Å². The van der Waals surface area contributed by atoms with Gasteiger partial charge in [-0.25, -0.2) is 0 Å². The van der Waals surface area contributed by atoms with E-state index in [4.69, 9.17) is 5.73 Å². The van der Waals surface area contributed by atoms with Gasteiger partial charge in [-0.2, -0.15) is 8.78 Å². The van der Waals surface area contributed by atoms with Crippen LogP contribution < -0.4 is 15.8 Å². The minimum Gasteiger partial charge on any atom is -0.433 e. The van der Waals surface area contributed by atoms with E-state index in [0.717, 1.165) is 6.42 Å². The van der Waals surface area contributed by atoms with Crippen molar-refractivity contribution in [1.29, 1.82) is 0 Å². The molecule has 1 aliphatic carbocycles. The molecule has 2 heterocycles. The number of carbonyl (C=O) groups excluding carboxylic acids is 1. The van der Waals surface area contributed by atoms with Crippen molar-refractivity contribution in [3.63, 3.8) is 0 Å². The van der Waals surface area contributed by atoms with Crippen molar-refractivity contribution in [2.24, 2.45) is 5.73 Å². The number of nitrogens with two attached hydrogens (primary N) is 1. The van der Waals surface area contributed by atoms with Crippen LogP contribution in [0, 0.1) is 0 Å². The van der Waals surface area contributed by atoms with Crippen LogP contribution in [0.25, 0.3) is 11.3 Å². The van der Waals surface area contributed by atoms with E-state index >= 15 is 0 Å². The van der Waals surface area contributed by atoms with Gasteiger partial charge in [-0.15, -0.1) is 10.2 Å². The smallest absolute Gasteiger partial charge is 0.387 e. The topological polar surface area (TPSA) is 103 Å². The molecule has 0 bridgehead atoms. The minimum absolute atomic E-state index is 0.0487. The molecule has 1 saturated carbocycles.